The van der Waals surface area contributed by atoms with Gasteiger partial charge in [-0.1, -0.05) is 12.1 Å². The lowest BCUT2D eigenvalue weighted by Gasteiger charge is -2.04. The fraction of sp³-hybridized carbons (Fsp3) is 0. The number of carbonyl (C=O) groups excluding carboxylic acids is 1. The first-order chi connectivity index (χ1) is 7.68. The van der Waals surface area contributed by atoms with Gasteiger partial charge in [-0.2, -0.15) is 0 Å². The van der Waals surface area contributed by atoms with Crippen molar-refractivity contribution >= 4 is 27.8 Å². The van der Waals surface area contributed by atoms with Crippen LogP contribution in [0.25, 0.3) is 0 Å². The summed E-state index contributed by atoms with van der Waals surface area (Å²) in [7, 11) is 0. The maximum absolute atomic E-state index is 11.7. The largest absolute Gasteiger partial charge is 0.448 e. The van der Waals surface area contributed by atoms with Gasteiger partial charge in [0, 0.05) is 0 Å². The van der Waals surface area contributed by atoms with Crippen LogP contribution in [0.1, 0.15) is 10.4 Å². The average molecular weight is 282 g/mol. The molecule has 2 aromatic rings. The Bertz CT molecular complexity index is 521. The number of benzene rings is 1. The van der Waals surface area contributed by atoms with E-state index in [1.54, 1.807) is 18.2 Å². The molecule has 5 heteroatoms. The second-order valence-electron chi connectivity index (χ2n) is 3.02. The lowest BCUT2D eigenvalue weighted by molar-refractivity contribution is 0.0734. The molecule has 0 radical (unpaired) electrons. The molecule has 1 aromatic heterocycles. The van der Waals surface area contributed by atoms with E-state index in [2.05, 4.69) is 15.9 Å². The van der Waals surface area contributed by atoms with Gasteiger partial charge in [0.25, 0.3) is 0 Å². The van der Waals surface area contributed by atoms with Crippen LogP contribution in [0.5, 0.6) is 5.75 Å². The number of esters is 1. The van der Waals surface area contributed by atoms with Crippen molar-refractivity contribution in [3.8, 4) is 5.75 Å². The molecule has 0 aliphatic carbocycles. The molecular formula is C11H8BrNO3. The highest BCUT2D eigenvalue weighted by Crippen LogP contribution is 2.25. The van der Waals surface area contributed by atoms with Crippen molar-refractivity contribution in [1.82, 2.24) is 0 Å². The Labute approximate surface area is 100 Å². The zero-order valence-corrected chi connectivity index (χ0v) is 9.73. The molecular weight excluding hydrogens is 274 g/mol. The molecule has 2 rings (SSSR count). The fourth-order valence-electron chi connectivity index (χ4n) is 1.17. The fourth-order valence-corrected chi connectivity index (χ4v) is 1.54. The number of rotatable bonds is 2. The van der Waals surface area contributed by atoms with E-state index in [9.17, 15) is 4.79 Å². The van der Waals surface area contributed by atoms with Crippen LogP contribution in [-0.2, 0) is 0 Å². The maximum Gasteiger partial charge on any atom is 0.349 e. The van der Waals surface area contributed by atoms with E-state index >= 15 is 0 Å². The highest BCUT2D eigenvalue weighted by atomic mass is 79.9. The topological polar surface area (TPSA) is 65.5 Å². The number of carbonyl (C=O) groups is 1. The second-order valence-corrected chi connectivity index (χ2v) is 3.87. The molecule has 1 heterocycles. The zero-order valence-electron chi connectivity index (χ0n) is 8.14. The van der Waals surface area contributed by atoms with Crippen LogP contribution in [-0.4, -0.2) is 5.97 Å². The van der Waals surface area contributed by atoms with E-state index in [-0.39, 0.29) is 11.4 Å². The first kappa shape index (κ1) is 10.8. The number of halogens is 1. The Hall–Kier alpha value is -1.75. The summed E-state index contributed by atoms with van der Waals surface area (Å²) >= 11 is 3.27. The molecule has 2 N–H and O–H groups in total. The highest BCUT2D eigenvalue weighted by Gasteiger charge is 2.15. The molecule has 0 fully saturated rings. The number of nitrogen functional groups attached to an aromatic ring is 1. The number of anilines is 1. The van der Waals surface area contributed by atoms with E-state index in [0.717, 1.165) is 0 Å². The first-order valence-electron chi connectivity index (χ1n) is 4.48. The molecule has 0 atom stereocenters. The van der Waals surface area contributed by atoms with Crippen molar-refractivity contribution in [2.24, 2.45) is 0 Å². The standard InChI is InChI=1S/C11H8BrNO3/c12-8-3-1-2-4-9(8)16-11(14)7-5-6-15-10(7)13/h1-6H,13H2. The molecule has 0 amide bonds. The summed E-state index contributed by atoms with van der Waals surface area (Å²) in [6.45, 7) is 0. The van der Waals surface area contributed by atoms with Crippen molar-refractivity contribution in [2.45, 2.75) is 0 Å². The first-order valence-corrected chi connectivity index (χ1v) is 5.27. The number of para-hydroxylation sites is 1. The Kier molecular flexibility index (Phi) is 2.96. The quantitative estimate of drug-likeness (QED) is 0.679. The van der Waals surface area contributed by atoms with Crippen LogP contribution >= 0.6 is 15.9 Å². The summed E-state index contributed by atoms with van der Waals surface area (Å²) in [4.78, 5) is 11.7. The van der Waals surface area contributed by atoms with E-state index < -0.39 is 5.97 Å². The van der Waals surface area contributed by atoms with Gasteiger partial charge in [0.05, 0.1) is 10.7 Å². The third kappa shape index (κ3) is 2.09. The number of nitrogens with two attached hydrogens (primary N) is 1. The molecule has 0 saturated carbocycles. The summed E-state index contributed by atoms with van der Waals surface area (Å²) in [6, 6.07) is 8.52. The van der Waals surface area contributed by atoms with Gasteiger partial charge in [-0.3, -0.25) is 0 Å². The van der Waals surface area contributed by atoms with Gasteiger partial charge < -0.3 is 14.9 Å². The van der Waals surface area contributed by atoms with E-state index in [0.29, 0.717) is 10.2 Å². The molecule has 0 aliphatic heterocycles. The van der Waals surface area contributed by atoms with Gasteiger partial charge in [-0.05, 0) is 34.1 Å². The van der Waals surface area contributed by atoms with Crippen molar-refractivity contribution in [2.75, 3.05) is 5.73 Å². The molecule has 4 nitrogen and oxygen atoms in total. The normalized spacial score (nSPS) is 10.1. The summed E-state index contributed by atoms with van der Waals surface area (Å²) in [5, 5.41) is 0. The van der Waals surface area contributed by atoms with Gasteiger partial charge >= 0.3 is 5.97 Å². The van der Waals surface area contributed by atoms with Gasteiger partial charge in [0.15, 0.2) is 0 Å². The number of hydrogen-bond acceptors (Lipinski definition) is 4. The monoisotopic (exact) mass is 281 g/mol. The SMILES string of the molecule is Nc1occc1C(=O)Oc1ccccc1Br. The van der Waals surface area contributed by atoms with Crippen LogP contribution in [0.2, 0.25) is 0 Å². The number of ether oxygens (including phenoxy) is 1. The zero-order chi connectivity index (χ0) is 11.5. The van der Waals surface area contributed by atoms with Crippen LogP contribution in [0.4, 0.5) is 5.88 Å². The van der Waals surface area contributed by atoms with Crippen LogP contribution in [0.15, 0.2) is 45.5 Å². The minimum Gasteiger partial charge on any atom is -0.448 e. The minimum atomic E-state index is -0.543. The van der Waals surface area contributed by atoms with E-state index in [1.165, 1.54) is 12.3 Å². The third-order valence-electron chi connectivity index (χ3n) is 1.95. The molecule has 0 aliphatic rings. The van der Waals surface area contributed by atoms with Gasteiger partial charge in [0.2, 0.25) is 5.88 Å². The van der Waals surface area contributed by atoms with E-state index in [1.807, 2.05) is 6.07 Å². The smallest absolute Gasteiger partial charge is 0.349 e. The van der Waals surface area contributed by atoms with Crippen molar-refractivity contribution in [3.63, 3.8) is 0 Å². The molecule has 0 unspecified atom stereocenters. The molecule has 16 heavy (non-hydrogen) atoms. The van der Waals surface area contributed by atoms with Crippen LogP contribution < -0.4 is 10.5 Å². The molecule has 0 saturated heterocycles. The molecule has 0 bridgehead atoms. The Balaban J connectivity index is 2.21. The van der Waals surface area contributed by atoms with Gasteiger partial charge in [-0.25, -0.2) is 4.79 Å². The average Bonchev–Trinajstić information content (AvgIpc) is 2.68. The Morgan fingerprint density at radius 2 is 2.06 bits per heavy atom. The Morgan fingerprint density at radius 3 is 2.69 bits per heavy atom. The molecule has 1 aromatic carbocycles. The Morgan fingerprint density at radius 1 is 1.31 bits per heavy atom. The molecule has 0 spiro atoms. The van der Waals surface area contributed by atoms with Crippen molar-refractivity contribution in [1.29, 1.82) is 0 Å². The number of furan rings is 1. The number of hydrogen-bond donors (Lipinski definition) is 1. The molecule has 82 valence electrons. The summed E-state index contributed by atoms with van der Waals surface area (Å²) in [6.07, 6.45) is 1.34. The van der Waals surface area contributed by atoms with Gasteiger partial charge in [0.1, 0.15) is 11.3 Å². The summed E-state index contributed by atoms with van der Waals surface area (Å²) in [5.74, 6) is -0.0525. The van der Waals surface area contributed by atoms with Crippen LogP contribution in [0.3, 0.4) is 0 Å². The highest BCUT2D eigenvalue weighted by molar-refractivity contribution is 9.10. The third-order valence-corrected chi connectivity index (χ3v) is 2.61. The predicted molar refractivity (Wildman–Crippen MR) is 62.2 cm³/mol. The summed E-state index contributed by atoms with van der Waals surface area (Å²) < 4.78 is 10.7. The van der Waals surface area contributed by atoms with Crippen molar-refractivity contribution in [3.05, 3.63) is 46.6 Å². The van der Waals surface area contributed by atoms with Gasteiger partial charge in [-0.15, -0.1) is 0 Å². The second kappa shape index (κ2) is 4.40. The predicted octanol–water partition coefficient (Wildman–Crippen LogP) is 2.84. The van der Waals surface area contributed by atoms with E-state index in [4.69, 9.17) is 14.9 Å². The lowest BCUT2D eigenvalue weighted by Crippen LogP contribution is -2.09. The maximum atomic E-state index is 11.7. The van der Waals surface area contributed by atoms with Crippen molar-refractivity contribution < 1.29 is 13.9 Å². The lowest BCUT2D eigenvalue weighted by atomic mass is 10.3. The summed E-state index contributed by atoms with van der Waals surface area (Å²) in [5.41, 5.74) is 5.67. The van der Waals surface area contributed by atoms with Crippen LogP contribution in [0, 0.1) is 0 Å². The minimum absolute atomic E-state index is 0.0528.